The minimum atomic E-state index is -0.975. The molecular weight excluding hydrogens is 374 g/mol. The molecular formula is C18H16BrNO4. The highest BCUT2D eigenvalue weighted by molar-refractivity contribution is 9.10. The Balaban J connectivity index is 1.96. The van der Waals surface area contributed by atoms with Crippen LogP contribution in [0, 0.1) is 0 Å². The lowest BCUT2D eigenvalue weighted by molar-refractivity contribution is -0.116. The number of carboxylic acids is 1. The third kappa shape index (κ3) is 4.96. The van der Waals surface area contributed by atoms with Gasteiger partial charge in [0, 0.05) is 22.7 Å². The number of amides is 1. The van der Waals surface area contributed by atoms with E-state index < -0.39 is 5.97 Å². The molecule has 24 heavy (non-hydrogen) atoms. The van der Waals surface area contributed by atoms with Crippen molar-refractivity contribution in [1.82, 2.24) is 5.32 Å². The molecule has 124 valence electrons. The number of rotatable bonds is 6. The van der Waals surface area contributed by atoms with Gasteiger partial charge < -0.3 is 15.2 Å². The van der Waals surface area contributed by atoms with E-state index in [9.17, 15) is 9.59 Å². The molecule has 6 heteroatoms. The first-order chi connectivity index (χ1) is 11.5. The third-order valence-electron chi connectivity index (χ3n) is 3.27. The molecule has 0 fully saturated rings. The van der Waals surface area contributed by atoms with E-state index >= 15 is 0 Å². The lowest BCUT2D eigenvalue weighted by atomic mass is 10.1. The molecule has 2 aromatic rings. The number of carbonyl (C=O) groups is 2. The summed E-state index contributed by atoms with van der Waals surface area (Å²) in [7, 11) is 1.57. The van der Waals surface area contributed by atoms with Crippen molar-refractivity contribution in [2.24, 2.45) is 0 Å². The fourth-order valence-electron chi connectivity index (χ4n) is 2.01. The van der Waals surface area contributed by atoms with Crippen LogP contribution in [0.3, 0.4) is 0 Å². The molecule has 0 saturated heterocycles. The fourth-order valence-corrected chi connectivity index (χ4v) is 2.39. The number of hydrogen-bond acceptors (Lipinski definition) is 3. The van der Waals surface area contributed by atoms with Crippen molar-refractivity contribution in [3.05, 3.63) is 69.7 Å². The van der Waals surface area contributed by atoms with Crippen LogP contribution in [0.5, 0.6) is 5.75 Å². The van der Waals surface area contributed by atoms with E-state index in [0.717, 1.165) is 15.6 Å². The van der Waals surface area contributed by atoms with Gasteiger partial charge in [0.1, 0.15) is 5.75 Å². The molecule has 0 saturated carbocycles. The number of aromatic carboxylic acids is 1. The summed E-state index contributed by atoms with van der Waals surface area (Å²) in [5.74, 6) is -0.553. The summed E-state index contributed by atoms with van der Waals surface area (Å²) >= 11 is 3.38. The van der Waals surface area contributed by atoms with Crippen LogP contribution in [0.4, 0.5) is 0 Å². The van der Waals surface area contributed by atoms with E-state index in [-0.39, 0.29) is 11.5 Å². The number of benzene rings is 2. The predicted octanol–water partition coefficient (Wildman–Crippen LogP) is 3.49. The highest BCUT2D eigenvalue weighted by Gasteiger charge is 2.04. The first kappa shape index (κ1) is 17.7. The van der Waals surface area contributed by atoms with E-state index in [2.05, 4.69) is 21.2 Å². The second-order valence-electron chi connectivity index (χ2n) is 4.94. The Bertz CT molecular complexity index is 769. The summed E-state index contributed by atoms with van der Waals surface area (Å²) in [5.41, 5.74) is 1.82. The minimum absolute atomic E-state index is 0.215. The molecule has 0 aromatic heterocycles. The monoisotopic (exact) mass is 389 g/mol. The van der Waals surface area contributed by atoms with Crippen LogP contribution in [-0.2, 0) is 11.3 Å². The van der Waals surface area contributed by atoms with E-state index in [4.69, 9.17) is 9.84 Å². The first-order valence-corrected chi connectivity index (χ1v) is 7.90. The molecule has 0 spiro atoms. The molecule has 2 N–H and O–H groups in total. The molecule has 0 radical (unpaired) electrons. The van der Waals surface area contributed by atoms with Crippen molar-refractivity contribution in [2.75, 3.05) is 7.11 Å². The smallest absolute Gasteiger partial charge is 0.335 e. The second-order valence-corrected chi connectivity index (χ2v) is 5.86. The van der Waals surface area contributed by atoms with Crippen LogP contribution < -0.4 is 10.1 Å². The average Bonchev–Trinajstić information content (AvgIpc) is 2.58. The van der Waals surface area contributed by atoms with Crippen LogP contribution in [0.1, 0.15) is 21.5 Å². The van der Waals surface area contributed by atoms with Gasteiger partial charge in [-0.25, -0.2) is 4.79 Å². The normalized spacial score (nSPS) is 10.6. The van der Waals surface area contributed by atoms with Crippen LogP contribution in [0.2, 0.25) is 0 Å². The van der Waals surface area contributed by atoms with E-state index in [0.29, 0.717) is 12.3 Å². The minimum Gasteiger partial charge on any atom is -0.496 e. The standard InChI is InChI=1S/C18H16BrNO4/c1-24-16-8-7-15(19)10-14(16)6-9-17(21)20-11-12-2-4-13(5-3-12)18(22)23/h2-10H,11H2,1H3,(H,20,21)(H,22,23)/b9-6+. The number of hydrogen-bond donors (Lipinski definition) is 2. The van der Waals surface area contributed by atoms with Crippen molar-refractivity contribution in [3.8, 4) is 5.75 Å². The lowest BCUT2D eigenvalue weighted by Crippen LogP contribution is -2.20. The highest BCUT2D eigenvalue weighted by atomic mass is 79.9. The Morgan fingerprint density at radius 2 is 1.92 bits per heavy atom. The molecule has 0 heterocycles. The molecule has 0 aliphatic carbocycles. The second kappa shape index (κ2) is 8.31. The maximum atomic E-state index is 11.9. The van der Waals surface area contributed by atoms with Gasteiger partial charge in [0.25, 0.3) is 0 Å². The zero-order valence-electron chi connectivity index (χ0n) is 13.0. The zero-order chi connectivity index (χ0) is 17.5. The average molecular weight is 390 g/mol. The predicted molar refractivity (Wildman–Crippen MR) is 95.0 cm³/mol. The van der Waals surface area contributed by atoms with Gasteiger partial charge in [-0.1, -0.05) is 28.1 Å². The summed E-state index contributed by atoms with van der Waals surface area (Å²) in [6, 6.07) is 11.9. The van der Waals surface area contributed by atoms with E-state index in [1.165, 1.54) is 18.2 Å². The molecule has 2 aromatic carbocycles. The van der Waals surface area contributed by atoms with Gasteiger partial charge in [-0.2, -0.15) is 0 Å². The van der Waals surface area contributed by atoms with Crippen molar-refractivity contribution in [3.63, 3.8) is 0 Å². The van der Waals surface area contributed by atoms with Crippen molar-refractivity contribution < 1.29 is 19.4 Å². The molecule has 0 unspecified atom stereocenters. The SMILES string of the molecule is COc1ccc(Br)cc1/C=C/C(=O)NCc1ccc(C(=O)O)cc1. The van der Waals surface area contributed by atoms with Gasteiger partial charge in [0.05, 0.1) is 12.7 Å². The van der Waals surface area contributed by atoms with Crippen LogP contribution >= 0.6 is 15.9 Å². The molecule has 0 bridgehead atoms. The molecule has 0 atom stereocenters. The zero-order valence-corrected chi connectivity index (χ0v) is 14.5. The van der Waals surface area contributed by atoms with Crippen molar-refractivity contribution in [1.29, 1.82) is 0 Å². The molecule has 5 nitrogen and oxygen atoms in total. The molecule has 2 rings (SSSR count). The number of nitrogens with one attached hydrogen (secondary N) is 1. The van der Waals surface area contributed by atoms with Gasteiger partial charge in [-0.15, -0.1) is 0 Å². The van der Waals surface area contributed by atoms with Gasteiger partial charge in [-0.05, 0) is 42.0 Å². The number of ether oxygens (including phenoxy) is 1. The van der Waals surface area contributed by atoms with Crippen molar-refractivity contribution in [2.45, 2.75) is 6.54 Å². The van der Waals surface area contributed by atoms with Crippen molar-refractivity contribution >= 4 is 33.9 Å². The summed E-state index contributed by atoms with van der Waals surface area (Å²) in [6.07, 6.45) is 3.10. The number of carbonyl (C=O) groups excluding carboxylic acids is 1. The Labute approximate surface area is 148 Å². The largest absolute Gasteiger partial charge is 0.496 e. The molecule has 0 aliphatic heterocycles. The molecule has 1 amide bonds. The summed E-state index contributed by atoms with van der Waals surface area (Å²) in [6.45, 7) is 0.318. The quantitative estimate of drug-likeness (QED) is 0.741. The van der Waals surface area contributed by atoms with Crippen LogP contribution in [0.25, 0.3) is 6.08 Å². The number of methoxy groups -OCH3 is 1. The summed E-state index contributed by atoms with van der Waals surface area (Å²) < 4.78 is 6.13. The lowest BCUT2D eigenvalue weighted by Gasteiger charge is -2.05. The molecule has 0 aliphatic rings. The van der Waals surface area contributed by atoms with Gasteiger partial charge in [-0.3, -0.25) is 4.79 Å². The fraction of sp³-hybridized carbons (Fsp3) is 0.111. The summed E-state index contributed by atoms with van der Waals surface area (Å²) in [5, 5.41) is 11.6. The maximum Gasteiger partial charge on any atom is 0.335 e. The van der Waals surface area contributed by atoms with E-state index in [1.807, 2.05) is 18.2 Å². The first-order valence-electron chi connectivity index (χ1n) is 7.11. The number of halogens is 1. The summed E-state index contributed by atoms with van der Waals surface area (Å²) in [4.78, 5) is 22.7. The third-order valence-corrected chi connectivity index (χ3v) is 3.77. The van der Waals surface area contributed by atoms with Gasteiger partial charge in [0.2, 0.25) is 5.91 Å². The number of carboxylic acid groups (broad SMARTS) is 1. The highest BCUT2D eigenvalue weighted by Crippen LogP contribution is 2.24. The van der Waals surface area contributed by atoms with E-state index in [1.54, 1.807) is 25.3 Å². The Morgan fingerprint density at radius 1 is 1.21 bits per heavy atom. The Morgan fingerprint density at radius 3 is 2.54 bits per heavy atom. The van der Waals surface area contributed by atoms with Gasteiger partial charge >= 0.3 is 5.97 Å². The topological polar surface area (TPSA) is 75.6 Å². The van der Waals surface area contributed by atoms with Gasteiger partial charge in [0.15, 0.2) is 0 Å². The Hall–Kier alpha value is -2.60. The Kier molecular flexibility index (Phi) is 6.14. The van der Waals surface area contributed by atoms with Crippen LogP contribution in [-0.4, -0.2) is 24.1 Å². The maximum absolute atomic E-state index is 11.9. The van der Waals surface area contributed by atoms with Crippen LogP contribution in [0.15, 0.2) is 53.0 Å².